The maximum absolute atomic E-state index is 10.5. The normalized spacial score (nSPS) is 50.0. The Morgan fingerprint density at radius 2 is 1.50 bits per heavy atom. The van der Waals surface area contributed by atoms with Gasteiger partial charge in [0.15, 0.2) is 6.29 Å². The Labute approximate surface area is 144 Å². The molecule has 9 nitrogen and oxygen atoms in total. The van der Waals surface area contributed by atoms with Gasteiger partial charge in [-0.25, -0.2) is 0 Å². The van der Waals surface area contributed by atoms with Crippen molar-refractivity contribution in [1.82, 2.24) is 0 Å². The van der Waals surface area contributed by atoms with Crippen molar-refractivity contribution in [2.45, 2.75) is 61.4 Å². The molecule has 0 saturated carbocycles. The van der Waals surface area contributed by atoms with Gasteiger partial charge in [-0.2, -0.15) is 0 Å². The van der Waals surface area contributed by atoms with Crippen LogP contribution < -0.4 is 0 Å². The second-order valence-corrected chi connectivity index (χ2v) is 7.04. The molecule has 10 heteroatoms. The van der Waals surface area contributed by atoms with E-state index in [4.69, 9.17) is 14.2 Å². The van der Waals surface area contributed by atoms with Gasteiger partial charge in [0.2, 0.25) is 0 Å². The molecule has 10 atom stereocenters. The number of aliphatic hydroxyl groups excluding tert-OH is 6. The zero-order chi connectivity index (χ0) is 18.0. The van der Waals surface area contributed by atoms with E-state index < -0.39 is 62.2 Å². The predicted molar refractivity (Wildman–Crippen MR) is 83.1 cm³/mol. The molecule has 2 heterocycles. The van der Waals surface area contributed by atoms with Crippen LogP contribution in [-0.4, -0.2) is 105 Å². The van der Waals surface area contributed by atoms with E-state index in [1.165, 1.54) is 11.8 Å². The molecular formula is C14H26O9S. The Morgan fingerprint density at radius 1 is 0.875 bits per heavy atom. The van der Waals surface area contributed by atoms with Crippen LogP contribution in [0.5, 0.6) is 0 Å². The minimum Gasteiger partial charge on any atom is -0.394 e. The molecule has 0 bridgehead atoms. The summed E-state index contributed by atoms with van der Waals surface area (Å²) in [5.74, 6) is -0.308. The van der Waals surface area contributed by atoms with Gasteiger partial charge in [0.1, 0.15) is 42.1 Å². The minimum atomic E-state index is -1.58. The van der Waals surface area contributed by atoms with Crippen LogP contribution in [0, 0.1) is 5.92 Å². The van der Waals surface area contributed by atoms with Gasteiger partial charge in [-0.1, -0.05) is 6.92 Å². The first kappa shape index (κ1) is 20.3. The molecule has 2 rings (SSSR count). The predicted octanol–water partition coefficient (Wildman–Crippen LogP) is -2.75. The largest absolute Gasteiger partial charge is 0.394 e. The molecule has 2 fully saturated rings. The van der Waals surface area contributed by atoms with E-state index in [0.29, 0.717) is 0 Å². The number of hydrogen-bond acceptors (Lipinski definition) is 10. The average Bonchev–Trinajstić information content (AvgIpc) is 2.59. The van der Waals surface area contributed by atoms with Crippen LogP contribution in [0.1, 0.15) is 6.92 Å². The highest BCUT2D eigenvalue weighted by atomic mass is 32.2. The molecular weight excluding hydrogens is 344 g/mol. The summed E-state index contributed by atoms with van der Waals surface area (Å²) in [7, 11) is 0. The third-order valence-corrected chi connectivity index (χ3v) is 5.54. The summed E-state index contributed by atoms with van der Waals surface area (Å²) in [6.45, 7) is 0.773. The molecule has 0 aromatic heterocycles. The Kier molecular flexibility index (Phi) is 7.26. The van der Waals surface area contributed by atoms with E-state index in [2.05, 4.69) is 0 Å². The number of rotatable bonds is 5. The summed E-state index contributed by atoms with van der Waals surface area (Å²) < 4.78 is 16.5. The fraction of sp³-hybridized carbons (Fsp3) is 1.00. The summed E-state index contributed by atoms with van der Waals surface area (Å²) in [5, 5.41) is 58.8. The molecule has 0 spiro atoms. The number of thioether (sulfide) groups is 1. The van der Waals surface area contributed by atoms with E-state index in [1.807, 2.05) is 6.26 Å². The first-order valence-corrected chi connectivity index (χ1v) is 9.07. The summed E-state index contributed by atoms with van der Waals surface area (Å²) in [6.07, 6.45) is -8.19. The maximum Gasteiger partial charge on any atom is 0.187 e. The molecule has 0 aromatic carbocycles. The van der Waals surface area contributed by atoms with Crippen molar-refractivity contribution in [2.24, 2.45) is 5.92 Å². The number of hydrogen-bond donors (Lipinski definition) is 6. The summed E-state index contributed by atoms with van der Waals surface area (Å²) in [4.78, 5) is 0. The Hall–Kier alpha value is -0.0100. The first-order chi connectivity index (χ1) is 11.3. The van der Waals surface area contributed by atoms with Gasteiger partial charge >= 0.3 is 0 Å². The second-order valence-electron chi connectivity index (χ2n) is 6.11. The molecule has 2 saturated heterocycles. The lowest BCUT2D eigenvalue weighted by molar-refractivity contribution is -0.335. The van der Waals surface area contributed by atoms with E-state index in [9.17, 15) is 30.6 Å². The van der Waals surface area contributed by atoms with Crippen LogP contribution in [0.25, 0.3) is 0 Å². The van der Waals surface area contributed by atoms with Gasteiger partial charge in [-0.3, -0.25) is 0 Å². The van der Waals surface area contributed by atoms with Gasteiger partial charge in [-0.15, -0.1) is 11.8 Å². The topological polar surface area (TPSA) is 149 Å². The summed E-state index contributed by atoms with van der Waals surface area (Å²) >= 11 is 1.39. The highest BCUT2D eigenvalue weighted by Crippen LogP contribution is 2.34. The van der Waals surface area contributed by atoms with E-state index in [-0.39, 0.29) is 11.4 Å². The standard InChI is InChI=1S/C14H26O9S/c1-5-8(17)12(7(4-16)22-14(5)24-2)23-13-11(20)10(19)9(18)6(3-15)21-13/h5-20H,3-4H2,1-2H3/t5?,6?,7?,8-,9+,10+,11?,12-,13+,14-/m1/s1. The molecule has 0 aliphatic carbocycles. The molecule has 4 unspecified atom stereocenters. The molecule has 0 amide bonds. The fourth-order valence-corrected chi connectivity index (χ4v) is 3.82. The number of aliphatic hydroxyl groups is 6. The molecule has 0 radical (unpaired) electrons. The van der Waals surface area contributed by atoms with Crippen molar-refractivity contribution < 1.29 is 44.8 Å². The van der Waals surface area contributed by atoms with Crippen molar-refractivity contribution in [2.75, 3.05) is 19.5 Å². The highest BCUT2D eigenvalue weighted by Gasteiger charge is 2.49. The van der Waals surface area contributed by atoms with E-state index in [1.54, 1.807) is 6.92 Å². The van der Waals surface area contributed by atoms with Crippen LogP contribution in [-0.2, 0) is 14.2 Å². The van der Waals surface area contributed by atoms with Gasteiger partial charge in [-0.05, 0) is 6.26 Å². The average molecular weight is 370 g/mol. The van der Waals surface area contributed by atoms with Gasteiger partial charge in [0.05, 0.1) is 19.3 Å². The summed E-state index contributed by atoms with van der Waals surface area (Å²) in [6, 6.07) is 0. The van der Waals surface area contributed by atoms with Crippen molar-refractivity contribution in [3.05, 3.63) is 0 Å². The summed E-state index contributed by atoms with van der Waals surface area (Å²) in [5.41, 5.74) is -0.327. The Bertz CT molecular complexity index is 396. The van der Waals surface area contributed by atoms with E-state index in [0.717, 1.165) is 0 Å². The lowest BCUT2D eigenvalue weighted by atomic mass is 9.93. The first-order valence-electron chi connectivity index (χ1n) is 7.78. The molecule has 6 N–H and O–H groups in total. The van der Waals surface area contributed by atoms with Crippen LogP contribution in [0.3, 0.4) is 0 Å². The Morgan fingerprint density at radius 3 is 2.04 bits per heavy atom. The molecule has 0 aromatic rings. The van der Waals surface area contributed by atoms with Crippen molar-refractivity contribution in [3.63, 3.8) is 0 Å². The maximum atomic E-state index is 10.5. The molecule has 142 valence electrons. The SMILES string of the molecule is CS[C@H]1OC(CO)[C@@H](O[C@@H]2OC(CO)[C@H](O)[C@H](O)C2O)[C@H](O)C1C. The van der Waals surface area contributed by atoms with Crippen LogP contribution in [0.15, 0.2) is 0 Å². The zero-order valence-corrected chi connectivity index (χ0v) is 14.3. The Balaban J connectivity index is 2.12. The third-order valence-electron chi connectivity index (χ3n) is 4.53. The zero-order valence-electron chi connectivity index (χ0n) is 13.5. The van der Waals surface area contributed by atoms with Gasteiger partial charge in [0.25, 0.3) is 0 Å². The molecule has 2 aliphatic heterocycles. The monoisotopic (exact) mass is 370 g/mol. The smallest absolute Gasteiger partial charge is 0.187 e. The number of ether oxygens (including phenoxy) is 3. The van der Waals surface area contributed by atoms with Crippen LogP contribution in [0.4, 0.5) is 0 Å². The van der Waals surface area contributed by atoms with Crippen molar-refractivity contribution >= 4 is 11.8 Å². The molecule has 2 aliphatic rings. The van der Waals surface area contributed by atoms with Crippen molar-refractivity contribution in [3.8, 4) is 0 Å². The minimum absolute atomic E-state index is 0.308. The molecule has 24 heavy (non-hydrogen) atoms. The fourth-order valence-electron chi connectivity index (χ4n) is 2.97. The van der Waals surface area contributed by atoms with Crippen LogP contribution in [0.2, 0.25) is 0 Å². The lowest BCUT2D eigenvalue weighted by Crippen LogP contribution is -2.62. The quantitative estimate of drug-likeness (QED) is 0.301. The van der Waals surface area contributed by atoms with Crippen molar-refractivity contribution in [1.29, 1.82) is 0 Å². The van der Waals surface area contributed by atoms with E-state index >= 15 is 0 Å². The van der Waals surface area contributed by atoms with Crippen LogP contribution >= 0.6 is 11.8 Å². The lowest BCUT2D eigenvalue weighted by Gasteiger charge is -2.46. The van der Waals surface area contributed by atoms with Gasteiger partial charge < -0.3 is 44.8 Å². The van der Waals surface area contributed by atoms with Gasteiger partial charge in [0, 0.05) is 5.92 Å². The third kappa shape index (κ3) is 3.88. The highest BCUT2D eigenvalue weighted by molar-refractivity contribution is 7.99. The second kappa shape index (κ2) is 8.58.